The zero-order chi connectivity index (χ0) is 29.5. The van der Waals surface area contributed by atoms with Crippen molar-refractivity contribution in [2.24, 2.45) is 0 Å². The Balaban J connectivity index is 1.62. The van der Waals surface area contributed by atoms with Crippen molar-refractivity contribution in [3.8, 4) is 5.75 Å². The fourth-order valence-electron chi connectivity index (χ4n) is 4.35. The van der Waals surface area contributed by atoms with Gasteiger partial charge in [0.05, 0.1) is 34.7 Å². The number of non-ortho nitro benzene ring substituents is 1. The van der Waals surface area contributed by atoms with Gasteiger partial charge in [0.25, 0.3) is 11.5 Å². The lowest BCUT2D eigenvalue weighted by molar-refractivity contribution is -0.384. The average Bonchev–Trinajstić information content (AvgIpc) is 3.56. The largest absolute Gasteiger partial charge is 0.507 e. The number of aromatic nitrogens is 1. The second-order valence-electron chi connectivity index (χ2n) is 9.02. The Bertz CT molecular complexity index is 1810. The molecule has 1 saturated heterocycles. The summed E-state index contributed by atoms with van der Waals surface area (Å²) in [6, 6.07) is 16.5. The molecule has 1 unspecified atom stereocenters. The van der Waals surface area contributed by atoms with Gasteiger partial charge in [0.2, 0.25) is 9.84 Å². The van der Waals surface area contributed by atoms with Crippen molar-refractivity contribution in [3.63, 3.8) is 0 Å². The molecular weight excluding hydrogens is 570 g/mol. The van der Waals surface area contributed by atoms with Gasteiger partial charge in [-0.15, -0.1) is 0 Å². The van der Waals surface area contributed by atoms with Crippen molar-refractivity contribution in [2.45, 2.75) is 22.1 Å². The van der Waals surface area contributed by atoms with E-state index < -0.39 is 32.5 Å². The Morgan fingerprint density at radius 1 is 1.02 bits per heavy atom. The maximum absolute atomic E-state index is 13.4. The fraction of sp³-hybridized carbons (Fsp3) is 0.107. The number of carbonyl (C=O) groups is 2. The lowest BCUT2D eigenvalue weighted by Crippen LogP contribution is -2.29. The molecule has 13 heteroatoms. The van der Waals surface area contributed by atoms with Crippen LogP contribution in [0.25, 0.3) is 5.76 Å². The first kappa shape index (κ1) is 27.7. The van der Waals surface area contributed by atoms with Crippen molar-refractivity contribution in [3.05, 3.63) is 111 Å². The summed E-state index contributed by atoms with van der Waals surface area (Å²) in [5.74, 6) is -1.82. The predicted octanol–water partition coefficient (Wildman–Crippen LogP) is 4.83. The minimum absolute atomic E-state index is 0.0867. The van der Waals surface area contributed by atoms with Crippen LogP contribution in [0.5, 0.6) is 5.75 Å². The highest BCUT2D eigenvalue weighted by atomic mass is 32.2. The van der Waals surface area contributed by atoms with Gasteiger partial charge < -0.3 is 9.84 Å². The molecule has 1 atom stereocenters. The first-order chi connectivity index (χ1) is 19.5. The summed E-state index contributed by atoms with van der Waals surface area (Å²) in [5.41, 5.74) is 1.25. The van der Waals surface area contributed by atoms with Gasteiger partial charge in [-0.05, 0) is 36.8 Å². The number of anilines is 1. The zero-order valence-corrected chi connectivity index (χ0v) is 23.2. The van der Waals surface area contributed by atoms with E-state index in [4.69, 9.17) is 4.74 Å². The van der Waals surface area contributed by atoms with E-state index in [0.29, 0.717) is 28.2 Å². The predicted molar refractivity (Wildman–Crippen MR) is 150 cm³/mol. The molecule has 0 saturated carbocycles. The van der Waals surface area contributed by atoms with Crippen LogP contribution in [0, 0.1) is 17.0 Å². The molecule has 1 fully saturated rings. The Hall–Kier alpha value is -4.88. The summed E-state index contributed by atoms with van der Waals surface area (Å²) < 4.78 is 31.5. The van der Waals surface area contributed by atoms with Crippen LogP contribution in [0.15, 0.2) is 93.7 Å². The lowest BCUT2D eigenvalue weighted by atomic mass is 9.95. The van der Waals surface area contributed by atoms with Gasteiger partial charge in [-0.25, -0.2) is 13.4 Å². The molecule has 0 spiro atoms. The van der Waals surface area contributed by atoms with E-state index in [1.165, 1.54) is 7.11 Å². The Kier molecular flexibility index (Phi) is 7.15. The summed E-state index contributed by atoms with van der Waals surface area (Å²) in [5, 5.41) is 22.1. The number of aryl methyl sites for hydroxylation is 1. The number of ether oxygens (including phenoxy) is 1. The molecule has 1 aliphatic rings. The molecule has 1 aromatic heterocycles. The van der Waals surface area contributed by atoms with Crippen molar-refractivity contribution >= 4 is 49.4 Å². The number of ketones is 1. The Morgan fingerprint density at radius 2 is 1.66 bits per heavy atom. The Morgan fingerprint density at radius 3 is 2.24 bits per heavy atom. The van der Waals surface area contributed by atoms with Gasteiger partial charge in [0.1, 0.15) is 15.7 Å². The van der Waals surface area contributed by atoms with E-state index in [0.717, 1.165) is 40.9 Å². The van der Waals surface area contributed by atoms with E-state index in [1.54, 1.807) is 48.5 Å². The van der Waals surface area contributed by atoms with Crippen LogP contribution < -0.4 is 9.64 Å². The van der Waals surface area contributed by atoms with Gasteiger partial charge in [0, 0.05) is 17.7 Å². The maximum atomic E-state index is 13.4. The summed E-state index contributed by atoms with van der Waals surface area (Å²) >= 11 is 0.657. The number of carbonyl (C=O) groups excluding carboxylic acids is 2. The molecular formula is C28H21N3O8S2. The van der Waals surface area contributed by atoms with Crippen LogP contribution in [-0.2, 0) is 19.4 Å². The number of Topliss-reactive ketones (excluding diaryl/α,β-unsaturated/α-hetero) is 1. The van der Waals surface area contributed by atoms with E-state index in [2.05, 4.69) is 4.98 Å². The third-order valence-corrected chi connectivity index (χ3v) is 9.73. The molecule has 5 rings (SSSR count). The number of benzene rings is 3. The number of nitro benzene ring substituents is 1. The third-order valence-electron chi connectivity index (χ3n) is 6.50. The molecule has 1 N–H and O–H groups in total. The molecule has 208 valence electrons. The van der Waals surface area contributed by atoms with Crippen molar-refractivity contribution < 1.29 is 32.8 Å². The lowest BCUT2D eigenvalue weighted by Gasteiger charge is -2.23. The summed E-state index contributed by atoms with van der Waals surface area (Å²) in [6.07, 6.45) is 1.06. The average molecular weight is 592 g/mol. The molecule has 2 heterocycles. The fourth-order valence-corrected chi connectivity index (χ4v) is 6.89. The molecule has 0 bridgehead atoms. The van der Waals surface area contributed by atoms with E-state index in [9.17, 15) is 33.2 Å². The number of nitro groups is 1. The van der Waals surface area contributed by atoms with Crippen LogP contribution in [0.1, 0.15) is 22.7 Å². The summed E-state index contributed by atoms with van der Waals surface area (Å²) in [6.45, 7) is 1.87. The van der Waals surface area contributed by atoms with Crippen LogP contribution in [0.2, 0.25) is 0 Å². The Labute approximate surface area is 238 Å². The third kappa shape index (κ3) is 4.96. The van der Waals surface area contributed by atoms with Crippen LogP contribution in [0.3, 0.4) is 0 Å². The SMILES string of the molecule is COc1ccc(C2C(=C(O)c3ccc(C)cc3)C(=O)C(=O)N2c2ncc(S(=O)(=O)c3ccc([N+](=O)[O-])cc3)s2)cc1. The van der Waals surface area contributed by atoms with Crippen molar-refractivity contribution in [2.75, 3.05) is 12.0 Å². The highest BCUT2D eigenvalue weighted by molar-refractivity contribution is 7.93. The highest BCUT2D eigenvalue weighted by Gasteiger charge is 2.48. The van der Waals surface area contributed by atoms with E-state index >= 15 is 0 Å². The summed E-state index contributed by atoms with van der Waals surface area (Å²) in [7, 11) is -2.67. The van der Waals surface area contributed by atoms with E-state index in [-0.39, 0.29) is 31.3 Å². The van der Waals surface area contributed by atoms with Gasteiger partial charge in [-0.1, -0.05) is 53.3 Å². The molecule has 0 radical (unpaired) electrons. The number of rotatable bonds is 7. The van der Waals surface area contributed by atoms with Crippen LogP contribution in [-0.4, -0.2) is 42.2 Å². The number of thiazole rings is 1. The maximum Gasteiger partial charge on any atom is 0.301 e. The molecule has 1 amide bonds. The zero-order valence-electron chi connectivity index (χ0n) is 21.5. The molecule has 41 heavy (non-hydrogen) atoms. The minimum atomic E-state index is -4.16. The van der Waals surface area contributed by atoms with Gasteiger partial charge in [-0.2, -0.15) is 0 Å². The van der Waals surface area contributed by atoms with Gasteiger partial charge >= 0.3 is 5.91 Å². The van der Waals surface area contributed by atoms with Crippen LogP contribution in [0.4, 0.5) is 10.8 Å². The minimum Gasteiger partial charge on any atom is -0.507 e. The molecule has 4 aromatic rings. The molecule has 0 aliphatic carbocycles. The van der Waals surface area contributed by atoms with Gasteiger partial charge in [0.15, 0.2) is 5.13 Å². The molecule has 3 aromatic carbocycles. The molecule has 11 nitrogen and oxygen atoms in total. The number of aliphatic hydroxyl groups excluding tert-OH is 1. The van der Waals surface area contributed by atoms with Crippen molar-refractivity contribution in [1.29, 1.82) is 0 Å². The number of aliphatic hydroxyl groups is 1. The number of amides is 1. The number of sulfone groups is 1. The quantitative estimate of drug-likeness (QED) is 0.105. The topological polar surface area (TPSA) is 157 Å². The normalized spacial score (nSPS) is 16.6. The standard InChI is InChI=1S/C28H21N3O8S2/c1-16-3-5-18(6-4-16)25(32)23-24(17-7-11-20(39-2)12-8-17)30(27(34)26(23)33)28-29-15-22(40-28)41(37,38)21-13-9-19(10-14-21)31(35)36/h3-15,24,32H,1-2H3. The van der Waals surface area contributed by atoms with E-state index in [1.807, 2.05) is 6.92 Å². The van der Waals surface area contributed by atoms with Crippen molar-refractivity contribution in [1.82, 2.24) is 4.98 Å². The highest BCUT2D eigenvalue weighted by Crippen LogP contribution is 2.44. The monoisotopic (exact) mass is 591 g/mol. The van der Waals surface area contributed by atoms with Gasteiger partial charge in [-0.3, -0.25) is 24.6 Å². The summed E-state index contributed by atoms with van der Waals surface area (Å²) in [4.78, 5) is 42.1. The number of methoxy groups -OCH3 is 1. The van der Waals surface area contributed by atoms with Crippen LogP contribution >= 0.6 is 11.3 Å². The number of hydrogen-bond acceptors (Lipinski definition) is 10. The number of nitrogens with zero attached hydrogens (tertiary/aromatic N) is 3. The smallest absolute Gasteiger partial charge is 0.301 e. The first-order valence-electron chi connectivity index (χ1n) is 12.0. The second-order valence-corrected chi connectivity index (χ2v) is 12.2. The molecule has 1 aliphatic heterocycles. The first-order valence-corrected chi connectivity index (χ1v) is 14.3. The number of hydrogen-bond donors (Lipinski definition) is 1. The second kappa shape index (κ2) is 10.6.